The van der Waals surface area contributed by atoms with Crippen molar-refractivity contribution in [3.05, 3.63) is 40.0 Å². The number of hydrogen-bond acceptors (Lipinski definition) is 4. The van der Waals surface area contributed by atoms with Crippen molar-refractivity contribution in [1.29, 1.82) is 0 Å². The molecule has 2 aromatic rings. The van der Waals surface area contributed by atoms with Gasteiger partial charge in [-0.15, -0.1) is 0 Å². The van der Waals surface area contributed by atoms with Gasteiger partial charge in [0.2, 0.25) is 11.8 Å². The summed E-state index contributed by atoms with van der Waals surface area (Å²) in [6.45, 7) is 1.78. The predicted octanol–water partition coefficient (Wildman–Crippen LogP) is 4.40. The molecule has 1 N–H and O–H groups in total. The van der Waals surface area contributed by atoms with E-state index < -0.39 is 11.9 Å². The normalized spacial score (nSPS) is 11.3. The number of rotatable bonds is 3. The third-order valence-corrected chi connectivity index (χ3v) is 3.06. The zero-order valence-corrected chi connectivity index (χ0v) is 12.7. The standard InChI is InChI=1S/C13H11BrF3N3O/c1-7-5-8(14)3-4-9(7)21-11-6-10(13(15,16)17)19-12(18-2)20-11/h3-6H,1-2H3,(H,18,19,20). The van der Waals surface area contributed by atoms with E-state index in [1.165, 1.54) is 7.05 Å². The van der Waals surface area contributed by atoms with Gasteiger partial charge in [-0.25, -0.2) is 4.98 Å². The van der Waals surface area contributed by atoms with E-state index >= 15 is 0 Å². The Kier molecular flexibility index (Phi) is 4.36. The van der Waals surface area contributed by atoms with Crippen LogP contribution in [0.4, 0.5) is 19.1 Å². The Morgan fingerprint density at radius 1 is 1.19 bits per heavy atom. The molecule has 0 fully saturated rings. The van der Waals surface area contributed by atoms with Crippen molar-refractivity contribution in [3.8, 4) is 11.6 Å². The van der Waals surface area contributed by atoms with Crippen molar-refractivity contribution in [2.75, 3.05) is 12.4 Å². The molecule has 0 amide bonds. The number of alkyl halides is 3. The van der Waals surface area contributed by atoms with Crippen LogP contribution in [0, 0.1) is 6.92 Å². The highest BCUT2D eigenvalue weighted by atomic mass is 79.9. The highest BCUT2D eigenvalue weighted by Gasteiger charge is 2.34. The van der Waals surface area contributed by atoms with Crippen LogP contribution in [0.2, 0.25) is 0 Å². The Morgan fingerprint density at radius 3 is 2.48 bits per heavy atom. The molecule has 4 nitrogen and oxygen atoms in total. The maximum absolute atomic E-state index is 12.8. The molecule has 0 aliphatic heterocycles. The van der Waals surface area contributed by atoms with Crippen LogP contribution in [0.5, 0.6) is 11.6 Å². The molecule has 1 aromatic heterocycles. The topological polar surface area (TPSA) is 47.0 Å². The van der Waals surface area contributed by atoms with E-state index in [1.54, 1.807) is 25.1 Å². The first kappa shape index (κ1) is 15.6. The lowest BCUT2D eigenvalue weighted by atomic mass is 10.2. The number of nitrogens with one attached hydrogen (secondary N) is 1. The molecule has 0 saturated carbocycles. The molecule has 1 aromatic carbocycles. The Bertz CT molecular complexity index is 662. The molecule has 1 heterocycles. The molecular formula is C13H11BrF3N3O. The van der Waals surface area contributed by atoms with Crippen molar-refractivity contribution in [2.24, 2.45) is 0 Å². The molecule has 0 spiro atoms. The van der Waals surface area contributed by atoms with Gasteiger partial charge in [-0.1, -0.05) is 15.9 Å². The first-order valence-electron chi connectivity index (χ1n) is 5.87. The number of halogens is 4. The summed E-state index contributed by atoms with van der Waals surface area (Å²) >= 11 is 3.30. The summed E-state index contributed by atoms with van der Waals surface area (Å²) in [6.07, 6.45) is -4.57. The summed E-state index contributed by atoms with van der Waals surface area (Å²) in [5.74, 6) is 0.0914. The number of aromatic nitrogens is 2. The van der Waals surface area contributed by atoms with Gasteiger partial charge in [-0.3, -0.25) is 0 Å². The second-order valence-electron chi connectivity index (χ2n) is 4.17. The Morgan fingerprint density at radius 2 is 1.90 bits per heavy atom. The SMILES string of the molecule is CNc1nc(Oc2ccc(Br)cc2C)cc(C(F)(F)F)n1. The molecule has 2 rings (SSSR count). The van der Waals surface area contributed by atoms with Crippen molar-refractivity contribution >= 4 is 21.9 Å². The fraction of sp³-hybridized carbons (Fsp3) is 0.231. The Hall–Kier alpha value is -1.83. The van der Waals surface area contributed by atoms with Gasteiger partial charge in [0.1, 0.15) is 5.75 Å². The first-order chi connectivity index (χ1) is 9.79. The fourth-order valence-electron chi connectivity index (χ4n) is 1.57. The monoisotopic (exact) mass is 361 g/mol. The van der Waals surface area contributed by atoms with E-state index in [9.17, 15) is 13.2 Å². The predicted molar refractivity (Wildman–Crippen MR) is 75.5 cm³/mol. The molecular weight excluding hydrogens is 351 g/mol. The van der Waals surface area contributed by atoms with Gasteiger partial charge in [0.25, 0.3) is 0 Å². The van der Waals surface area contributed by atoms with Gasteiger partial charge >= 0.3 is 6.18 Å². The maximum atomic E-state index is 12.8. The third-order valence-electron chi connectivity index (χ3n) is 2.57. The van der Waals surface area contributed by atoms with Crippen molar-refractivity contribution in [2.45, 2.75) is 13.1 Å². The lowest BCUT2D eigenvalue weighted by Crippen LogP contribution is -2.11. The minimum absolute atomic E-state index is 0.158. The van der Waals surface area contributed by atoms with Crippen LogP contribution in [0.15, 0.2) is 28.7 Å². The number of hydrogen-bond donors (Lipinski definition) is 1. The van der Waals surface area contributed by atoms with Crippen molar-refractivity contribution < 1.29 is 17.9 Å². The number of ether oxygens (including phenoxy) is 1. The van der Waals surface area contributed by atoms with Gasteiger partial charge in [-0.05, 0) is 30.7 Å². The van der Waals surface area contributed by atoms with Gasteiger partial charge < -0.3 is 10.1 Å². The highest BCUT2D eigenvalue weighted by molar-refractivity contribution is 9.10. The Balaban J connectivity index is 2.39. The highest BCUT2D eigenvalue weighted by Crippen LogP contribution is 2.32. The fourth-order valence-corrected chi connectivity index (χ4v) is 2.05. The third kappa shape index (κ3) is 3.84. The molecule has 0 bridgehead atoms. The molecule has 8 heteroatoms. The van der Waals surface area contributed by atoms with Gasteiger partial charge in [0, 0.05) is 17.6 Å². The van der Waals surface area contributed by atoms with E-state index in [2.05, 4.69) is 31.2 Å². The molecule has 0 atom stereocenters. The quantitative estimate of drug-likeness (QED) is 0.879. The number of aryl methyl sites for hydroxylation is 1. The molecule has 0 aliphatic rings. The van der Waals surface area contributed by atoms with Crippen molar-refractivity contribution in [3.63, 3.8) is 0 Å². The summed E-state index contributed by atoms with van der Waals surface area (Å²) in [7, 11) is 1.43. The van der Waals surface area contributed by atoms with Gasteiger partial charge in [-0.2, -0.15) is 18.2 Å². The number of anilines is 1. The van der Waals surface area contributed by atoms with Crippen LogP contribution in [-0.2, 0) is 6.18 Å². The molecule has 0 saturated heterocycles. The second kappa shape index (κ2) is 5.88. The zero-order valence-electron chi connectivity index (χ0n) is 11.1. The molecule has 112 valence electrons. The molecule has 0 unspecified atom stereocenters. The summed E-state index contributed by atoms with van der Waals surface area (Å²) < 4.78 is 44.6. The average molecular weight is 362 g/mol. The second-order valence-corrected chi connectivity index (χ2v) is 5.09. The van der Waals surface area contributed by atoms with E-state index in [1.807, 2.05) is 0 Å². The van der Waals surface area contributed by atoms with E-state index in [0.717, 1.165) is 16.1 Å². The van der Waals surface area contributed by atoms with E-state index in [-0.39, 0.29) is 11.8 Å². The van der Waals surface area contributed by atoms with Crippen LogP contribution in [0.1, 0.15) is 11.3 Å². The Labute approximate surface area is 127 Å². The molecule has 0 radical (unpaired) electrons. The number of benzene rings is 1. The smallest absolute Gasteiger partial charge is 0.433 e. The largest absolute Gasteiger partial charge is 0.439 e. The lowest BCUT2D eigenvalue weighted by Gasteiger charge is -2.12. The summed E-state index contributed by atoms with van der Waals surface area (Å²) in [5.41, 5.74) is -0.297. The summed E-state index contributed by atoms with van der Waals surface area (Å²) in [4.78, 5) is 7.23. The zero-order chi connectivity index (χ0) is 15.6. The maximum Gasteiger partial charge on any atom is 0.433 e. The van der Waals surface area contributed by atoms with Crippen LogP contribution in [0.25, 0.3) is 0 Å². The van der Waals surface area contributed by atoms with Crippen LogP contribution in [-0.4, -0.2) is 17.0 Å². The van der Waals surface area contributed by atoms with Crippen LogP contribution in [0.3, 0.4) is 0 Å². The first-order valence-corrected chi connectivity index (χ1v) is 6.67. The lowest BCUT2D eigenvalue weighted by molar-refractivity contribution is -0.141. The van der Waals surface area contributed by atoms with E-state index in [4.69, 9.17) is 4.74 Å². The number of nitrogens with zero attached hydrogens (tertiary/aromatic N) is 2. The minimum Gasteiger partial charge on any atom is -0.439 e. The average Bonchev–Trinajstić information content (AvgIpc) is 2.40. The van der Waals surface area contributed by atoms with Gasteiger partial charge in [0.15, 0.2) is 5.69 Å². The summed E-state index contributed by atoms with van der Waals surface area (Å²) in [5, 5.41) is 2.48. The van der Waals surface area contributed by atoms with Crippen LogP contribution < -0.4 is 10.1 Å². The van der Waals surface area contributed by atoms with E-state index in [0.29, 0.717) is 5.75 Å². The molecule has 0 aliphatic carbocycles. The van der Waals surface area contributed by atoms with Crippen LogP contribution >= 0.6 is 15.9 Å². The van der Waals surface area contributed by atoms with Gasteiger partial charge in [0.05, 0.1) is 0 Å². The minimum atomic E-state index is -4.57. The molecule has 21 heavy (non-hydrogen) atoms. The van der Waals surface area contributed by atoms with Crippen molar-refractivity contribution in [1.82, 2.24) is 9.97 Å². The summed E-state index contributed by atoms with van der Waals surface area (Å²) in [6, 6.07) is 5.93.